The highest BCUT2D eigenvalue weighted by Crippen LogP contribution is 2.21. The summed E-state index contributed by atoms with van der Waals surface area (Å²) in [6.07, 6.45) is -0.838. The average molecular weight is 237 g/mol. The first-order valence-corrected chi connectivity index (χ1v) is 5.21. The first kappa shape index (κ1) is 13.0. The highest BCUT2D eigenvalue weighted by atomic mass is 16.5. The number of ether oxygens (including phenoxy) is 1. The minimum absolute atomic E-state index is 0.0133. The minimum atomic E-state index is -1.10. The van der Waals surface area contributed by atoms with Gasteiger partial charge in [0.05, 0.1) is 0 Å². The van der Waals surface area contributed by atoms with Gasteiger partial charge in [0, 0.05) is 0 Å². The van der Waals surface area contributed by atoms with Gasteiger partial charge in [-0.2, -0.15) is 0 Å². The maximum absolute atomic E-state index is 11.2. The number of carboxylic acids is 1. The lowest BCUT2D eigenvalue weighted by Gasteiger charge is -2.20. The van der Waals surface area contributed by atoms with Gasteiger partial charge in [0.25, 0.3) is 5.91 Å². The maximum Gasteiger partial charge on any atom is 0.339 e. The van der Waals surface area contributed by atoms with Crippen LogP contribution in [-0.2, 0) is 4.79 Å². The van der Waals surface area contributed by atoms with Crippen molar-refractivity contribution in [1.82, 2.24) is 0 Å². The molecule has 1 amide bonds. The molecule has 0 spiro atoms. The summed E-state index contributed by atoms with van der Waals surface area (Å²) < 4.78 is 5.37. The quantitative estimate of drug-likeness (QED) is 0.807. The van der Waals surface area contributed by atoms with E-state index >= 15 is 0 Å². The van der Waals surface area contributed by atoms with Crippen LogP contribution >= 0.6 is 0 Å². The number of benzene rings is 1. The molecule has 0 saturated heterocycles. The van der Waals surface area contributed by atoms with E-state index in [0.29, 0.717) is 0 Å². The van der Waals surface area contributed by atoms with Crippen LogP contribution in [0.25, 0.3) is 0 Å². The van der Waals surface area contributed by atoms with Gasteiger partial charge < -0.3 is 15.6 Å². The van der Waals surface area contributed by atoms with Crippen LogP contribution in [0.3, 0.4) is 0 Å². The van der Waals surface area contributed by atoms with Crippen molar-refractivity contribution in [3.63, 3.8) is 0 Å². The Hall–Kier alpha value is -2.04. The van der Waals surface area contributed by atoms with Crippen LogP contribution in [0, 0.1) is 5.92 Å². The van der Waals surface area contributed by atoms with Gasteiger partial charge in [0.2, 0.25) is 0 Å². The van der Waals surface area contributed by atoms with Gasteiger partial charge in [-0.25, -0.2) is 4.79 Å². The lowest BCUT2D eigenvalue weighted by atomic mass is 10.1. The van der Waals surface area contributed by atoms with E-state index in [1.807, 2.05) is 0 Å². The summed E-state index contributed by atoms with van der Waals surface area (Å²) in [4.78, 5) is 22.1. The monoisotopic (exact) mass is 237 g/mol. The molecule has 1 rings (SSSR count). The Morgan fingerprint density at radius 1 is 1.29 bits per heavy atom. The van der Waals surface area contributed by atoms with Crippen molar-refractivity contribution in [2.75, 3.05) is 0 Å². The lowest BCUT2D eigenvalue weighted by molar-refractivity contribution is -0.126. The molecule has 3 N–H and O–H groups in total. The highest BCUT2D eigenvalue weighted by Gasteiger charge is 2.23. The number of hydrogen-bond acceptors (Lipinski definition) is 3. The van der Waals surface area contributed by atoms with E-state index in [0.717, 1.165) is 0 Å². The fourth-order valence-electron chi connectivity index (χ4n) is 1.41. The van der Waals surface area contributed by atoms with Crippen molar-refractivity contribution in [1.29, 1.82) is 0 Å². The number of nitrogens with two attached hydrogens (primary N) is 1. The smallest absolute Gasteiger partial charge is 0.339 e. The molecule has 0 fully saturated rings. The molecular weight excluding hydrogens is 222 g/mol. The van der Waals surface area contributed by atoms with Crippen LogP contribution < -0.4 is 10.5 Å². The fourth-order valence-corrected chi connectivity index (χ4v) is 1.41. The van der Waals surface area contributed by atoms with Crippen LogP contribution in [0.5, 0.6) is 5.75 Å². The number of carbonyl (C=O) groups excluding carboxylic acids is 1. The zero-order chi connectivity index (χ0) is 13.0. The molecule has 0 aliphatic heterocycles. The van der Waals surface area contributed by atoms with Crippen LogP contribution in [-0.4, -0.2) is 23.1 Å². The summed E-state index contributed by atoms with van der Waals surface area (Å²) in [5.74, 6) is -1.69. The standard InChI is InChI=1S/C12H15NO4/c1-7(2)10(11(13)14)17-9-6-4-3-5-8(9)12(15)16/h3-7,10H,1-2H3,(H2,13,14)(H,15,16). The Morgan fingerprint density at radius 2 is 1.88 bits per heavy atom. The van der Waals surface area contributed by atoms with Crippen molar-refractivity contribution >= 4 is 11.9 Å². The SMILES string of the molecule is CC(C)C(Oc1ccccc1C(=O)O)C(N)=O. The van der Waals surface area contributed by atoms with Crippen molar-refractivity contribution in [2.45, 2.75) is 20.0 Å². The van der Waals surface area contributed by atoms with E-state index in [4.69, 9.17) is 15.6 Å². The van der Waals surface area contributed by atoms with Crippen molar-refractivity contribution in [3.05, 3.63) is 29.8 Å². The maximum atomic E-state index is 11.2. The molecule has 0 bridgehead atoms. The highest BCUT2D eigenvalue weighted by molar-refractivity contribution is 5.91. The van der Waals surface area contributed by atoms with Gasteiger partial charge in [-0.05, 0) is 18.1 Å². The molecular formula is C12H15NO4. The Balaban J connectivity index is 3.01. The number of primary amides is 1. The molecule has 0 heterocycles. The molecule has 0 saturated carbocycles. The van der Waals surface area contributed by atoms with Gasteiger partial charge in [-0.15, -0.1) is 0 Å². The summed E-state index contributed by atoms with van der Waals surface area (Å²) in [7, 11) is 0. The van der Waals surface area contributed by atoms with E-state index < -0.39 is 18.0 Å². The second kappa shape index (κ2) is 5.34. The van der Waals surface area contributed by atoms with E-state index in [1.54, 1.807) is 26.0 Å². The first-order chi connectivity index (χ1) is 7.93. The Kier molecular flexibility index (Phi) is 4.09. The molecule has 92 valence electrons. The van der Waals surface area contributed by atoms with Gasteiger partial charge in [-0.3, -0.25) is 4.79 Å². The number of rotatable bonds is 5. The zero-order valence-corrected chi connectivity index (χ0v) is 9.71. The molecule has 0 aromatic heterocycles. The molecule has 0 aliphatic carbocycles. The lowest BCUT2D eigenvalue weighted by Crippen LogP contribution is -2.38. The molecule has 1 atom stereocenters. The zero-order valence-electron chi connectivity index (χ0n) is 9.71. The summed E-state index contributed by atoms with van der Waals surface area (Å²) in [5, 5.41) is 8.96. The molecule has 5 nitrogen and oxygen atoms in total. The van der Waals surface area contributed by atoms with Crippen molar-refractivity contribution < 1.29 is 19.4 Å². The third-order valence-corrected chi connectivity index (χ3v) is 2.26. The number of carbonyl (C=O) groups is 2. The van der Waals surface area contributed by atoms with Crippen molar-refractivity contribution in [2.24, 2.45) is 11.7 Å². The second-order valence-corrected chi connectivity index (χ2v) is 3.99. The third-order valence-electron chi connectivity index (χ3n) is 2.26. The topological polar surface area (TPSA) is 89.6 Å². The summed E-state index contributed by atoms with van der Waals surface area (Å²) in [6.45, 7) is 3.55. The van der Waals surface area contributed by atoms with Gasteiger partial charge >= 0.3 is 5.97 Å². The summed E-state index contributed by atoms with van der Waals surface area (Å²) in [6, 6.07) is 6.14. The molecule has 0 aliphatic rings. The van der Waals surface area contributed by atoms with Crippen molar-refractivity contribution in [3.8, 4) is 5.75 Å². The predicted octanol–water partition coefficient (Wildman–Crippen LogP) is 1.27. The van der Waals surface area contributed by atoms with Gasteiger partial charge in [0.15, 0.2) is 6.10 Å². The Labute approximate surface area is 99.2 Å². The fraction of sp³-hybridized carbons (Fsp3) is 0.333. The number of amides is 1. The Bertz CT molecular complexity index is 428. The normalized spacial score (nSPS) is 12.2. The van der Waals surface area contributed by atoms with E-state index in [2.05, 4.69) is 0 Å². The largest absolute Gasteiger partial charge is 0.479 e. The minimum Gasteiger partial charge on any atom is -0.479 e. The summed E-state index contributed by atoms with van der Waals surface area (Å²) >= 11 is 0. The predicted molar refractivity (Wildman–Crippen MR) is 61.8 cm³/mol. The number of hydrogen-bond donors (Lipinski definition) is 2. The average Bonchev–Trinajstić information content (AvgIpc) is 2.25. The second-order valence-electron chi connectivity index (χ2n) is 3.99. The molecule has 1 aromatic carbocycles. The number of aromatic carboxylic acids is 1. The number of carboxylic acid groups (broad SMARTS) is 1. The van der Waals surface area contributed by atoms with Crippen LogP contribution in [0.1, 0.15) is 24.2 Å². The number of para-hydroxylation sites is 1. The molecule has 17 heavy (non-hydrogen) atoms. The van der Waals surface area contributed by atoms with Crippen LogP contribution in [0.4, 0.5) is 0 Å². The summed E-state index contributed by atoms with van der Waals surface area (Å²) in [5.41, 5.74) is 5.21. The van der Waals surface area contributed by atoms with E-state index in [9.17, 15) is 9.59 Å². The van der Waals surface area contributed by atoms with Gasteiger partial charge in [0.1, 0.15) is 11.3 Å². The van der Waals surface area contributed by atoms with E-state index in [-0.39, 0.29) is 17.2 Å². The Morgan fingerprint density at radius 3 is 2.35 bits per heavy atom. The van der Waals surface area contributed by atoms with Gasteiger partial charge in [-0.1, -0.05) is 26.0 Å². The third kappa shape index (κ3) is 3.21. The molecule has 1 aromatic rings. The van der Waals surface area contributed by atoms with Crippen LogP contribution in [0.2, 0.25) is 0 Å². The molecule has 0 radical (unpaired) electrons. The molecule has 5 heteroatoms. The molecule has 1 unspecified atom stereocenters. The first-order valence-electron chi connectivity index (χ1n) is 5.21. The van der Waals surface area contributed by atoms with Crippen LogP contribution in [0.15, 0.2) is 24.3 Å². The van der Waals surface area contributed by atoms with E-state index in [1.165, 1.54) is 12.1 Å².